The minimum absolute atomic E-state index is 0.0103. The van der Waals surface area contributed by atoms with Crippen molar-refractivity contribution in [2.45, 2.75) is 64.7 Å². The van der Waals surface area contributed by atoms with Crippen LogP contribution >= 0.6 is 27.3 Å². The third-order valence-corrected chi connectivity index (χ3v) is 10.2. The van der Waals surface area contributed by atoms with Crippen molar-refractivity contribution >= 4 is 44.0 Å². The molecule has 0 spiro atoms. The number of carbonyl (C=O) groups is 1. The topological polar surface area (TPSA) is 83.8 Å². The molecule has 1 aromatic carbocycles. The van der Waals surface area contributed by atoms with Gasteiger partial charge in [0, 0.05) is 22.9 Å². The molecule has 5 atom stereocenters. The van der Waals surface area contributed by atoms with Crippen LogP contribution in [0.2, 0.25) is 0 Å². The van der Waals surface area contributed by atoms with Gasteiger partial charge in [-0.05, 0) is 102 Å². The van der Waals surface area contributed by atoms with Crippen LogP contribution < -0.4 is 5.32 Å². The quantitative estimate of drug-likeness (QED) is 0.424. The van der Waals surface area contributed by atoms with Crippen LogP contribution in [0.5, 0.6) is 5.75 Å². The summed E-state index contributed by atoms with van der Waals surface area (Å²) in [5.74, 6) is 2.26. The number of carbonyl (C=O) groups excluding carboxylic acids is 1. The molecular weight excluding hydrogens is 514 g/mol. The van der Waals surface area contributed by atoms with Gasteiger partial charge in [0.15, 0.2) is 5.13 Å². The Morgan fingerprint density at radius 1 is 1.41 bits per heavy atom. The van der Waals surface area contributed by atoms with Gasteiger partial charge in [0.2, 0.25) is 5.91 Å². The maximum Gasteiger partial charge on any atom is 0.226 e. The molecule has 2 saturated carbocycles. The lowest BCUT2D eigenvalue weighted by atomic mass is 9.54. The van der Waals surface area contributed by atoms with Gasteiger partial charge in [-0.2, -0.15) is 0 Å². The lowest BCUT2D eigenvalue weighted by Crippen LogP contribution is -2.44. The highest BCUT2D eigenvalue weighted by Crippen LogP contribution is 2.63. The molecule has 1 heterocycles. The molecule has 0 saturated heterocycles. The third-order valence-electron chi connectivity index (χ3n) is 8.51. The molecule has 0 bridgehead atoms. The van der Waals surface area contributed by atoms with Crippen LogP contribution in [-0.4, -0.2) is 28.8 Å². The Kier molecular flexibility index (Phi) is 6.48. The zero-order chi connectivity index (χ0) is 24.0. The van der Waals surface area contributed by atoms with E-state index in [1.807, 2.05) is 13.0 Å². The molecule has 2 aromatic rings. The smallest absolute Gasteiger partial charge is 0.226 e. The Morgan fingerprint density at radius 3 is 2.97 bits per heavy atom. The fraction of sp³-hybridized carbons (Fsp3) is 0.577. The summed E-state index contributed by atoms with van der Waals surface area (Å²) >= 11 is 5.14. The molecule has 3 unspecified atom stereocenters. The number of anilines is 1. The predicted octanol–water partition coefficient (Wildman–Crippen LogP) is 6.42. The molecule has 8 heteroatoms. The normalized spacial score (nSPS) is 31.0. The van der Waals surface area contributed by atoms with Crippen LogP contribution in [-0.2, 0) is 16.1 Å². The summed E-state index contributed by atoms with van der Waals surface area (Å²) in [5.41, 5.74) is 3.83. The molecular formula is C26H32BrN3O3S. The number of aromatic nitrogens is 1. The fourth-order valence-electron chi connectivity index (χ4n) is 7.12. The predicted molar refractivity (Wildman–Crippen MR) is 138 cm³/mol. The molecule has 3 aliphatic carbocycles. The van der Waals surface area contributed by atoms with Gasteiger partial charge in [0.25, 0.3) is 0 Å². The van der Waals surface area contributed by atoms with Crippen molar-refractivity contribution in [1.82, 2.24) is 4.98 Å². The molecule has 5 rings (SSSR count). The highest BCUT2D eigenvalue weighted by Gasteiger charge is 2.57. The molecule has 3 aliphatic rings. The number of oxime groups is 1. The lowest BCUT2D eigenvalue weighted by molar-refractivity contribution is -0.116. The first-order valence-electron chi connectivity index (χ1n) is 12.1. The van der Waals surface area contributed by atoms with Crippen LogP contribution in [0.3, 0.4) is 0 Å². The Hall–Kier alpha value is -1.93. The van der Waals surface area contributed by atoms with Crippen molar-refractivity contribution in [3.63, 3.8) is 0 Å². The van der Waals surface area contributed by atoms with Crippen LogP contribution in [0, 0.1) is 30.1 Å². The average molecular weight is 547 g/mol. The molecule has 0 aliphatic heterocycles. The van der Waals surface area contributed by atoms with Crippen LogP contribution in [0.4, 0.5) is 5.13 Å². The van der Waals surface area contributed by atoms with Crippen molar-refractivity contribution < 1.29 is 14.7 Å². The number of halogens is 1. The number of rotatable bonds is 5. The van der Waals surface area contributed by atoms with Crippen LogP contribution in [0.1, 0.15) is 67.4 Å². The maximum atomic E-state index is 12.7. The Balaban J connectivity index is 1.39. The van der Waals surface area contributed by atoms with Gasteiger partial charge in [-0.25, -0.2) is 4.98 Å². The number of phenolic OH excluding ortho intramolecular Hbond substituents is 1. The van der Waals surface area contributed by atoms with Gasteiger partial charge in [-0.1, -0.05) is 18.1 Å². The summed E-state index contributed by atoms with van der Waals surface area (Å²) in [6.45, 7) is 4.36. The van der Waals surface area contributed by atoms with Crippen molar-refractivity contribution in [3.8, 4) is 5.75 Å². The minimum atomic E-state index is 0.0103. The van der Waals surface area contributed by atoms with Crippen molar-refractivity contribution in [3.05, 3.63) is 38.8 Å². The van der Waals surface area contributed by atoms with E-state index in [2.05, 4.69) is 44.4 Å². The monoisotopic (exact) mass is 545 g/mol. The minimum Gasteiger partial charge on any atom is -0.507 e. The van der Waals surface area contributed by atoms with E-state index in [9.17, 15) is 9.90 Å². The summed E-state index contributed by atoms with van der Waals surface area (Å²) in [6, 6.07) is 3.96. The third kappa shape index (κ3) is 4.06. The van der Waals surface area contributed by atoms with Crippen molar-refractivity contribution in [1.29, 1.82) is 0 Å². The van der Waals surface area contributed by atoms with Gasteiger partial charge in [0.1, 0.15) is 12.9 Å². The zero-order valence-corrected chi connectivity index (χ0v) is 22.3. The van der Waals surface area contributed by atoms with E-state index in [1.54, 1.807) is 13.3 Å². The van der Waals surface area contributed by atoms with E-state index in [4.69, 9.17) is 4.84 Å². The largest absolute Gasteiger partial charge is 0.507 e. The first-order chi connectivity index (χ1) is 16.3. The van der Waals surface area contributed by atoms with E-state index >= 15 is 0 Å². The number of hydrogen-bond acceptors (Lipinski definition) is 6. The number of aryl methyl sites for hydroxylation is 1. The SMILES string of the molecule is CO/N=C1\C[C@@H](CCC(=O)Nc2ncc(C)s2)C2C3CCc4c(ccc(O)c4Br)C3CC[C@]12C. The van der Waals surface area contributed by atoms with E-state index in [-0.39, 0.29) is 11.3 Å². The van der Waals surface area contributed by atoms with Crippen LogP contribution in [0.25, 0.3) is 0 Å². The molecule has 2 fully saturated rings. The number of nitrogens with zero attached hydrogens (tertiary/aromatic N) is 2. The average Bonchev–Trinajstić information content (AvgIpc) is 3.34. The second-order valence-corrected chi connectivity index (χ2v) is 12.3. The lowest BCUT2D eigenvalue weighted by Gasteiger charge is -2.50. The number of hydrogen-bond donors (Lipinski definition) is 2. The van der Waals surface area contributed by atoms with Gasteiger partial charge in [-0.15, -0.1) is 11.3 Å². The zero-order valence-electron chi connectivity index (χ0n) is 19.9. The molecule has 182 valence electrons. The summed E-state index contributed by atoms with van der Waals surface area (Å²) in [6.07, 6.45) is 8.26. The molecule has 1 aromatic heterocycles. The number of amides is 1. The number of phenols is 1. The van der Waals surface area contributed by atoms with Gasteiger partial charge < -0.3 is 15.3 Å². The standard InChI is InChI=1S/C26H32BrN3O3S/c1-14-13-28-25(34-14)29-22(32)9-4-15-12-21(30-33-3)26(2)11-10-17-16-7-8-20(31)24(27)19(16)6-5-18(17)23(15)26/h7-8,13,15,17-18,23,31H,4-6,9-12H2,1-3H3,(H,28,29,32)/b30-21+/t15-,17?,18?,23?,26-/m1/s1. The number of aromatic hydroxyl groups is 1. The van der Waals surface area contributed by atoms with Gasteiger partial charge in [0.05, 0.1) is 10.2 Å². The highest BCUT2D eigenvalue weighted by molar-refractivity contribution is 9.10. The number of thiazole rings is 1. The van der Waals surface area contributed by atoms with E-state index in [1.165, 1.54) is 22.5 Å². The highest BCUT2D eigenvalue weighted by atomic mass is 79.9. The molecule has 1 amide bonds. The second kappa shape index (κ2) is 9.26. The summed E-state index contributed by atoms with van der Waals surface area (Å²) in [4.78, 5) is 23.4. The van der Waals surface area contributed by atoms with Gasteiger partial charge in [-0.3, -0.25) is 4.79 Å². The number of nitrogens with one attached hydrogen (secondary N) is 1. The van der Waals surface area contributed by atoms with Gasteiger partial charge >= 0.3 is 0 Å². The summed E-state index contributed by atoms with van der Waals surface area (Å²) < 4.78 is 0.857. The van der Waals surface area contributed by atoms with E-state index in [0.717, 1.165) is 53.6 Å². The summed E-state index contributed by atoms with van der Waals surface area (Å²) in [5, 5.41) is 18.4. The first kappa shape index (κ1) is 23.8. The molecule has 34 heavy (non-hydrogen) atoms. The maximum absolute atomic E-state index is 12.7. The molecule has 2 N–H and O–H groups in total. The Labute approximate surface area is 213 Å². The van der Waals surface area contributed by atoms with Crippen molar-refractivity contribution in [2.24, 2.45) is 28.3 Å². The molecule has 6 nitrogen and oxygen atoms in total. The van der Waals surface area contributed by atoms with Crippen molar-refractivity contribution in [2.75, 3.05) is 12.4 Å². The first-order valence-corrected chi connectivity index (χ1v) is 13.8. The van der Waals surface area contributed by atoms with Crippen LogP contribution in [0.15, 0.2) is 28.0 Å². The second-order valence-electron chi connectivity index (χ2n) is 10.3. The number of fused-ring (bicyclic) bond motifs is 5. The number of benzene rings is 1. The van der Waals surface area contributed by atoms with E-state index < -0.39 is 0 Å². The summed E-state index contributed by atoms with van der Waals surface area (Å²) in [7, 11) is 1.63. The Bertz CT molecular complexity index is 1130. The fourth-order valence-corrected chi connectivity index (χ4v) is 8.36. The Morgan fingerprint density at radius 2 is 2.24 bits per heavy atom. The molecule has 0 radical (unpaired) electrons. The van der Waals surface area contributed by atoms with E-state index in [0.29, 0.717) is 41.0 Å².